The highest BCUT2D eigenvalue weighted by Gasteiger charge is 2.37. The first-order valence-corrected chi connectivity index (χ1v) is 5.90. The van der Waals surface area contributed by atoms with Gasteiger partial charge in [-0.25, -0.2) is 4.79 Å². The molecular formula is C13H18ClNO2. The van der Waals surface area contributed by atoms with Crippen LogP contribution in [0.1, 0.15) is 20.8 Å². The molecule has 1 aromatic carbocycles. The number of halogens is 1. The average Bonchev–Trinajstić information content (AvgIpc) is 2.27. The highest BCUT2D eigenvalue weighted by molar-refractivity contribution is 6.30. The van der Waals surface area contributed by atoms with Crippen LogP contribution in [0, 0.1) is 5.92 Å². The summed E-state index contributed by atoms with van der Waals surface area (Å²) in [5.41, 5.74) is 0.0403. The molecule has 0 spiro atoms. The van der Waals surface area contributed by atoms with Crippen molar-refractivity contribution in [3.8, 4) is 0 Å². The molecule has 1 unspecified atom stereocenters. The van der Waals surface area contributed by atoms with Crippen molar-refractivity contribution in [2.45, 2.75) is 26.3 Å². The first-order chi connectivity index (χ1) is 7.90. The molecule has 0 aliphatic heterocycles. The van der Waals surface area contributed by atoms with Crippen molar-refractivity contribution in [2.24, 2.45) is 5.92 Å². The number of ether oxygens (including phenoxy) is 1. The molecule has 1 N–H and O–H groups in total. The molecule has 0 aromatic heterocycles. The van der Waals surface area contributed by atoms with Gasteiger partial charge < -0.3 is 10.1 Å². The van der Waals surface area contributed by atoms with Gasteiger partial charge in [-0.05, 0) is 31.0 Å². The average molecular weight is 256 g/mol. The zero-order chi connectivity index (χ0) is 13.1. The van der Waals surface area contributed by atoms with Crippen molar-refractivity contribution < 1.29 is 9.53 Å². The van der Waals surface area contributed by atoms with E-state index in [1.807, 2.05) is 32.9 Å². The quantitative estimate of drug-likeness (QED) is 0.839. The van der Waals surface area contributed by atoms with Crippen molar-refractivity contribution in [1.29, 1.82) is 0 Å². The molecule has 0 bridgehead atoms. The number of nitrogens with one attached hydrogen (secondary N) is 1. The first kappa shape index (κ1) is 13.8. The first-order valence-electron chi connectivity index (χ1n) is 5.52. The molecule has 17 heavy (non-hydrogen) atoms. The minimum atomic E-state index is -0.764. The third kappa shape index (κ3) is 3.13. The molecular weight excluding hydrogens is 238 g/mol. The molecule has 0 amide bonds. The van der Waals surface area contributed by atoms with Gasteiger partial charge in [0.1, 0.15) is 5.54 Å². The van der Waals surface area contributed by atoms with Crippen molar-refractivity contribution in [3.63, 3.8) is 0 Å². The number of rotatable bonds is 4. The zero-order valence-electron chi connectivity index (χ0n) is 10.6. The van der Waals surface area contributed by atoms with E-state index in [-0.39, 0.29) is 11.9 Å². The summed E-state index contributed by atoms with van der Waals surface area (Å²) in [7, 11) is 1.39. The van der Waals surface area contributed by atoms with Gasteiger partial charge in [-0.2, -0.15) is 0 Å². The molecule has 0 heterocycles. The zero-order valence-corrected chi connectivity index (χ0v) is 11.3. The highest BCUT2D eigenvalue weighted by Crippen LogP contribution is 2.25. The van der Waals surface area contributed by atoms with Gasteiger partial charge in [0, 0.05) is 10.7 Å². The Morgan fingerprint density at radius 1 is 1.47 bits per heavy atom. The van der Waals surface area contributed by atoms with Crippen LogP contribution in [0.5, 0.6) is 0 Å². The molecule has 1 rings (SSSR count). The Balaban J connectivity index is 2.99. The third-order valence-corrected chi connectivity index (χ3v) is 3.23. The van der Waals surface area contributed by atoms with E-state index in [9.17, 15) is 4.79 Å². The van der Waals surface area contributed by atoms with E-state index in [0.717, 1.165) is 5.69 Å². The third-order valence-electron chi connectivity index (χ3n) is 2.99. The summed E-state index contributed by atoms with van der Waals surface area (Å²) in [4.78, 5) is 11.8. The lowest BCUT2D eigenvalue weighted by atomic mass is 9.88. The number of carbonyl (C=O) groups is 1. The number of hydrogen-bond donors (Lipinski definition) is 1. The number of esters is 1. The molecule has 0 radical (unpaired) electrons. The Morgan fingerprint density at radius 2 is 2.12 bits per heavy atom. The van der Waals surface area contributed by atoms with Gasteiger partial charge in [0.25, 0.3) is 0 Å². The van der Waals surface area contributed by atoms with Crippen LogP contribution >= 0.6 is 11.6 Å². The van der Waals surface area contributed by atoms with Gasteiger partial charge in [0.05, 0.1) is 7.11 Å². The maximum absolute atomic E-state index is 11.8. The predicted molar refractivity (Wildman–Crippen MR) is 70.3 cm³/mol. The van der Waals surface area contributed by atoms with Crippen molar-refractivity contribution in [2.75, 3.05) is 12.4 Å². The largest absolute Gasteiger partial charge is 0.467 e. The van der Waals surface area contributed by atoms with Crippen molar-refractivity contribution >= 4 is 23.3 Å². The molecule has 0 fully saturated rings. The number of anilines is 1. The summed E-state index contributed by atoms with van der Waals surface area (Å²) in [6.07, 6.45) is 0. The van der Waals surface area contributed by atoms with Crippen LogP contribution in [0.3, 0.4) is 0 Å². The smallest absolute Gasteiger partial charge is 0.331 e. The molecule has 1 atom stereocenters. The van der Waals surface area contributed by atoms with Crippen LogP contribution in [0.25, 0.3) is 0 Å². The molecule has 3 nitrogen and oxygen atoms in total. The van der Waals surface area contributed by atoms with E-state index in [2.05, 4.69) is 5.32 Å². The Bertz CT molecular complexity index is 406. The lowest BCUT2D eigenvalue weighted by molar-refractivity contribution is -0.146. The van der Waals surface area contributed by atoms with Crippen LogP contribution in [-0.4, -0.2) is 18.6 Å². The summed E-state index contributed by atoms with van der Waals surface area (Å²) >= 11 is 5.91. The maximum atomic E-state index is 11.8. The normalized spacial score (nSPS) is 14.2. The second-order valence-corrected chi connectivity index (χ2v) is 4.92. The standard InChI is InChI=1S/C13H18ClNO2/c1-9(2)13(3,12(16)17-4)15-11-7-5-6-10(14)8-11/h5-9,15H,1-4H3. The molecule has 4 heteroatoms. The Kier molecular flexibility index (Phi) is 4.40. The van der Waals surface area contributed by atoms with Crippen molar-refractivity contribution in [3.05, 3.63) is 29.3 Å². The van der Waals surface area contributed by atoms with E-state index in [0.29, 0.717) is 5.02 Å². The molecule has 0 saturated heterocycles. The minimum absolute atomic E-state index is 0.0916. The highest BCUT2D eigenvalue weighted by atomic mass is 35.5. The van der Waals surface area contributed by atoms with Crippen LogP contribution in [0.4, 0.5) is 5.69 Å². The Morgan fingerprint density at radius 3 is 2.59 bits per heavy atom. The fourth-order valence-electron chi connectivity index (χ4n) is 1.51. The summed E-state index contributed by atoms with van der Waals surface area (Å²) < 4.78 is 4.84. The summed E-state index contributed by atoms with van der Waals surface area (Å²) in [6, 6.07) is 7.28. The van der Waals surface area contributed by atoms with Gasteiger partial charge >= 0.3 is 5.97 Å². The maximum Gasteiger partial charge on any atom is 0.331 e. The van der Waals surface area contributed by atoms with Gasteiger partial charge in [0.15, 0.2) is 0 Å². The molecule has 94 valence electrons. The number of methoxy groups -OCH3 is 1. The number of carbonyl (C=O) groups excluding carboxylic acids is 1. The van der Waals surface area contributed by atoms with Gasteiger partial charge in [-0.1, -0.05) is 31.5 Å². The SMILES string of the molecule is COC(=O)C(C)(Nc1cccc(Cl)c1)C(C)C. The Hall–Kier alpha value is -1.22. The summed E-state index contributed by atoms with van der Waals surface area (Å²) in [5, 5.41) is 3.82. The van der Waals surface area contributed by atoms with Crippen LogP contribution in [0.15, 0.2) is 24.3 Å². The van der Waals surface area contributed by atoms with E-state index in [1.54, 1.807) is 12.1 Å². The van der Waals surface area contributed by atoms with Crippen molar-refractivity contribution in [1.82, 2.24) is 0 Å². The van der Waals surface area contributed by atoms with Gasteiger partial charge in [-0.15, -0.1) is 0 Å². The van der Waals surface area contributed by atoms with E-state index < -0.39 is 5.54 Å². The minimum Gasteiger partial charge on any atom is -0.467 e. The van der Waals surface area contributed by atoms with Crippen LogP contribution < -0.4 is 5.32 Å². The van der Waals surface area contributed by atoms with E-state index in [4.69, 9.17) is 16.3 Å². The van der Waals surface area contributed by atoms with Gasteiger partial charge in [0.2, 0.25) is 0 Å². The fraction of sp³-hybridized carbons (Fsp3) is 0.462. The Labute approximate surface area is 107 Å². The number of benzene rings is 1. The van der Waals surface area contributed by atoms with Gasteiger partial charge in [-0.3, -0.25) is 0 Å². The second-order valence-electron chi connectivity index (χ2n) is 4.48. The molecule has 1 aromatic rings. The second kappa shape index (κ2) is 5.41. The van der Waals surface area contributed by atoms with Crippen LogP contribution in [-0.2, 0) is 9.53 Å². The topological polar surface area (TPSA) is 38.3 Å². The van der Waals surface area contributed by atoms with Crippen LogP contribution in [0.2, 0.25) is 5.02 Å². The van der Waals surface area contributed by atoms with E-state index >= 15 is 0 Å². The molecule has 0 aliphatic carbocycles. The summed E-state index contributed by atoms with van der Waals surface area (Å²) in [5.74, 6) is -0.193. The predicted octanol–water partition coefficient (Wildman–Crippen LogP) is 3.34. The number of hydrogen-bond acceptors (Lipinski definition) is 3. The molecule has 0 saturated carbocycles. The lowest BCUT2D eigenvalue weighted by Gasteiger charge is -2.32. The fourth-order valence-corrected chi connectivity index (χ4v) is 1.70. The lowest BCUT2D eigenvalue weighted by Crippen LogP contribution is -2.48. The van der Waals surface area contributed by atoms with E-state index in [1.165, 1.54) is 7.11 Å². The summed E-state index contributed by atoms with van der Waals surface area (Å²) in [6.45, 7) is 5.76. The monoisotopic (exact) mass is 255 g/mol. The molecule has 0 aliphatic rings.